The SMILES string of the molecule is C1Sc2nnsc21. The van der Waals surface area contributed by atoms with Gasteiger partial charge in [-0.25, -0.2) is 0 Å². The van der Waals surface area contributed by atoms with E-state index in [0.717, 1.165) is 10.8 Å². The maximum atomic E-state index is 3.83. The summed E-state index contributed by atoms with van der Waals surface area (Å²) < 4.78 is 3.75. The van der Waals surface area contributed by atoms with Gasteiger partial charge in [0, 0.05) is 5.75 Å². The van der Waals surface area contributed by atoms with E-state index < -0.39 is 0 Å². The molecule has 1 aliphatic heterocycles. The third-order valence-electron chi connectivity index (χ3n) is 0.861. The summed E-state index contributed by atoms with van der Waals surface area (Å²) in [6.45, 7) is 0. The number of nitrogens with zero attached hydrogens (tertiary/aromatic N) is 2. The molecule has 2 rings (SSSR count). The van der Waals surface area contributed by atoms with Gasteiger partial charge in [-0.15, -0.1) is 5.10 Å². The van der Waals surface area contributed by atoms with Gasteiger partial charge in [-0.05, 0) is 11.5 Å². The van der Waals surface area contributed by atoms with Crippen molar-refractivity contribution >= 4 is 23.3 Å². The topological polar surface area (TPSA) is 25.8 Å². The fourth-order valence-corrected chi connectivity index (χ4v) is 2.01. The van der Waals surface area contributed by atoms with Crippen LogP contribution >= 0.6 is 23.3 Å². The van der Waals surface area contributed by atoms with Crippen molar-refractivity contribution in [1.82, 2.24) is 9.59 Å². The molecule has 0 N–H and O–H groups in total. The molecule has 1 aliphatic rings. The molecular formula is C3H2N2S2. The molecule has 4 heteroatoms. The Morgan fingerprint density at radius 2 is 2.57 bits per heavy atom. The second-order valence-corrected chi connectivity index (χ2v) is 3.09. The van der Waals surface area contributed by atoms with Crippen molar-refractivity contribution in [3.05, 3.63) is 4.88 Å². The molecule has 0 atom stereocenters. The summed E-state index contributed by atoms with van der Waals surface area (Å²) in [6, 6.07) is 0. The van der Waals surface area contributed by atoms with E-state index in [2.05, 4.69) is 9.59 Å². The standard InChI is InChI=1S/C3H2N2S2/c1-2-3(6-1)4-5-7-2/h1H2. The summed E-state index contributed by atoms with van der Waals surface area (Å²) >= 11 is 3.28. The molecule has 36 valence electrons. The van der Waals surface area contributed by atoms with Gasteiger partial charge in [0.15, 0.2) is 0 Å². The zero-order chi connectivity index (χ0) is 4.69. The molecule has 0 spiro atoms. The van der Waals surface area contributed by atoms with Crippen LogP contribution in [0.15, 0.2) is 5.03 Å². The highest BCUT2D eigenvalue weighted by Crippen LogP contribution is 2.37. The lowest BCUT2D eigenvalue weighted by Gasteiger charge is -2.04. The first-order valence-electron chi connectivity index (χ1n) is 1.91. The van der Waals surface area contributed by atoms with Gasteiger partial charge in [-0.3, -0.25) is 0 Å². The quantitative estimate of drug-likeness (QED) is 0.526. The van der Waals surface area contributed by atoms with Gasteiger partial charge in [0.2, 0.25) is 0 Å². The van der Waals surface area contributed by atoms with Crippen LogP contribution in [0.5, 0.6) is 0 Å². The van der Waals surface area contributed by atoms with Crippen molar-refractivity contribution in [2.24, 2.45) is 0 Å². The fraction of sp³-hybridized carbons (Fsp3) is 0.333. The Bertz CT molecular complexity index is 164. The smallest absolute Gasteiger partial charge is 0.131 e. The summed E-state index contributed by atoms with van der Waals surface area (Å²) in [5.74, 6) is 1.13. The molecule has 0 aliphatic carbocycles. The number of aromatic nitrogens is 2. The molecule has 1 aromatic rings. The van der Waals surface area contributed by atoms with Crippen molar-refractivity contribution in [1.29, 1.82) is 0 Å². The summed E-state index contributed by atoms with van der Waals surface area (Å²) in [5, 5.41) is 4.98. The minimum atomic E-state index is 1.13. The second kappa shape index (κ2) is 1.20. The van der Waals surface area contributed by atoms with Crippen molar-refractivity contribution < 1.29 is 0 Å². The number of fused-ring (bicyclic) bond motifs is 1. The fourth-order valence-electron chi connectivity index (χ4n) is 0.452. The minimum Gasteiger partial charge on any atom is -0.131 e. The Balaban J connectivity index is 2.69. The van der Waals surface area contributed by atoms with Crippen LogP contribution in [0.4, 0.5) is 0 Å². The predicted octanol–water partition coefficient (Wildman–Crippen LogP) is 1.14. The molecule has 0 amide bonds. The highest BCUT2D eigenvalue weighted by atomic mass is 32.2. The molecule has 7 heavy (non-hydrogen) atoms. The molecule has 0 aromatic carbocycles. The molecule has 2 nitrogen and oxygen atoms in total. The first-order chi connectivity index (χ1) is 3.47. The molecule has 0 saturated carbocycles. The molecule has 2 heterocycles. The molecule has 0 bridgehead atoms. The lowest BCUT2D eigenvalue weighted by atomic mass is 10.6. The summed E-state index contributed by atoms with van der Waals surface area (Å²) in [5.41, 5.74) is 0. The van der Waals surface area contributed by atoms with Crippen LogP contribution in [0.3, 0.4) is 0 Å². The predicted molar refractivity (Wildman–Crippen MR) is 29.5 cm³/mol. The highest BCUT2D eigenvalue weighted by molar-refractivity contribution is 8.00. The van der Waals surface area contributed by atoms with Crippen molar-refractivity contribution in [3.63, 3.8) is 0 Å². The van der Waals surface area contributed by atoms with Gasteiger partial charge in [-0.2, -0.15) is 0 Å². The number of rotatable bonds is 0. The van der Waals surface area contributed by atoms with Crippen molar-refractivity contribution in [2.75, 3.05) is 0 Å². The third-order valence-corrected chi connectivity index (χ3v) is 2.93. The molecule has 0 radical (unpaired) electrons. The van der Waals surface area contributed by atoms with Gasteiger partial charge >= 0.3 is 0 Å². The first-order valence-corrected chi connectivity index (χ1v) is 3.67. The van der Waals surface area contributed by atoms with Crippen LogP contribution < -0.4 is 0 Å². The van der Waals surface area contributed by atoms with E-state index in [9.17, 15) is 0 Å². The average molecular weight is 130 g/mol. The maximum absolute atomic E-state index is 3.83. The van der Waals surface area contributed by atoms with Gasteiger partial charge in [-0.1, -0.05) is 16.3 Å². The van der Waals surface area contributed by atoms with Crippen LogP contribution in [0, 0.1) is 0 Å². The Morgan fingerprint density at radius 1 is 1.57 bits per heavy atom. The van der Waals surface area contributed by atoms with Gasteiger partial charge in [0.1, 0.15) is 5.03 Å². The monoisotopic (exact) mass is 130 g/mol. The molecule has 1 aromatic heterocycles. The molecular weight excluding hydrogens is 128 g/mol. The molecule has 0 unspecified atom stereocenters. The first kappa shape index (κ1) is 3.86. The van der Waals surface area contributed by atoms with E-state index in [1.807, 2.05) is 0 Å². The van der Waals surface area contributed by atoms with E-state index in [-0.39, 0.29) is 0 Å². The van der Waals surface area contributed by atoms with Crippen LogP contribution in [0.2, 0.25) is 0 Å². The lowest BCUT2D eigenvalue weighted by molar-refractivity contribution is 0.993. The number of hydrogen-bond donors (Lipinski definition) is 0. The lowest BCUT2D eigenvalue weighted by Crippen LogP contribution is -1.89. The third kappa shape index (κ3) is 0.406. The molecule has 0 saturated heterocycles. The van der Waals surface area contributed by atoms with E-state index in [1.165, 1.54) is 16.4 Å². The van der Waals surface area contributed by atoms with Crippen LogP contribution in [0.1, 0.15) is 4.88 Å². The largest absolute Gasteiger partial charge is 0.136 e. The maximum Gasteiger partial charge on any atom is 0.136 e. The number of hydrogen-bond acceptors (Lipinski definition) is 4. The normalized spacial score (nSPS) is 15.4. The highest BCUT2D eigenvalue weighted by Gasteiger charge is 2.17. The Labute approximate surface area is 49.1 Å². The minimum absolute atomic E-state index is 1.13. The van der Waals surface area contributed by atoms with E-state index >= 15 is 0 Å². The van der Waals surface area contributed by atoms with E-state index in [4.69, 9.17) is 0 Å². The van der Waals surface area contributed by atoms with Crippen LogP contribution in [-0.4, -0.2) is 9.59 Å². The second-order valence-electron chi connectivity index (χ2n) is 1.29. The average Bonchev–Trinajstić information content (AvgIpc) is 1.85. The Kier molecular flexibility index (Phi) is 0.660. The summed E-state index contributed by atoms with van der Waals surface area (Å²) in [6.07, 6.45) is 0. The van der Waals surface area contributed by atoms with E-state index in [1.54, 1.807) is 11.8 Å². The van der Waals surface area contributed by atoms with Gasteiger partial charge in [0.25, 0.3) is 0 Å². The van der Waals surface area contributed by atoms with E-state index in [0.29, 0.717) is 0 Å². The zero-order valence-corrected chi connectivity index (χ0v) is 5.05. The summed E-state index contributed by atoms with van der Waals surface area (Å²) in [4.78, 5) is 1.35. The summed E-state index contributed by atoms with van der Waals surface area (Å²) in [7, 11) is 0. The van der Waals surface area contributed by atoms with Gasteiger partial charge < -0.3 is 0 Å². The zero-order valence-electron chi connectivity index (χ0n) is 3.42. The van der Waals surface area contributed by atoms with Crippen LogP contribution in [-0.2, 0) is 5.75 Å². The van der Waals surface area contributed by atoms with Crippen molar-refractivity contribution in [3.8, 4) is 0 Å². The van der Waals surface area contributed by atoms with Crippen LogP contribution in [0.25, 0.3) is 0 Å². The number of thioether (sulfide) groups is 1. The van der Waals surface area contributed by atoms with Crippen molar-refractivity contribution in [2.45, 2.75) is 10.8 Å². The van der Waals surface area contributed by atoms with Gasteiger partial charge in [0.05, 0.1) is 4.88 Å². The Morgan fingerprint density at radius 3 is 2.86 bits per heavy atom. The molecule has 0 fully saturated rings. The Hall–Kier alpha value is -0.0900.